The van der Waals surface area contributed by atoms with Crippen molar-refractivity contribution in [2.75, 3.05) is 27.2 Å². The molecule has 1 N–H and O–H groups in total. The Kier molecular flexibility index (Phi) is 5.20. The van der Waals surface area contributed by atoms with Gasteiger partial charge >= 0.3 is 0 Å². The lowest BCUT2D eigenvalue weighted by atomic mass is 9.98. The van der Waals surface area contributed by atoms with Crippen LogP contribution in [0.2, 0.25) is 0 Å². The van der Waals surface area contributed by atoms with Crippen LogP contribution < -0.4 is 10.1 Å². The van der Waals surface area contributed by atoms with Crippen molar-refractivity contribution in [3.63, 3.8) is 0 Å². The molecule has 0 aromatic heterocycles. The number of rotatable bonds is 4. The number of guanidine groups is 1. The summed E-state index contributed by atoms with van der Waals surface area (Å²) >= 11 is 0. The third-order valence-corrected chi connectivity index (χ3v) is 5.76. The Labute approximate surface area is 164 Å². The highest BCUT2D eigenvalue weighted by molar-refractivity contribution is 5.81. The molecule has 1 saturated carbocycles. The molecule has 2 aliphatic rings. The van der Waals surface area contributed by atoms with Crippen molar-refractivity contribution >= 4 is 5.96 Å². The highest BCUT2D eigenvalue weighted by atomic mass is 19.1. The molecule has 2 fully saturated rings. The monoisotopic (exact) mass is 385 g/mol. The number of nitrogens with one attached hydrogen (secondary N) is 1. The molecule has 1 aliphatic heterocycles. The second-order valence-corrected chi connectivity index (χ2v) is 7.48. The van der Waals surface area contributed by atoms with Crippen molar-refractivity contribution in [2.24, 2.45) is 4.99 Å². The van der Waals surface area contributed by atoms with E-state index in [1.807, 2.05) is 12.1 Å². The van der Waals surface area contributed by atoms with Crippen molar-refractivity contribution in [2.45, 2.75) is 30.7 Å². The van der Waals surface area contributed by atoms with E-state index < -0.39 is 11.6 Å². The lowest BCUT2D eigenvalue weighted by Gasteiger charge is -2.22. The van der Waals surface area contributed by atoms with Gasteiger partial charge in [0, 0.05) is 43.6 Å². The molecule has 148 valence electrons. The third-order valence-electron chi connectivity index (χ3n) is 5.76. The summed E-state index contributed by atoms with van der Waals surface area (Å²) < 4.78 is 33.3. The van der Waals surface area contributed by atoms with E-state index in [9.17, 15) is 8.78 Å². The summed E-state index contributed by atoms with van der Waals surface area (Å²) in [5.74, 6) is 1.02. The molecule has 2 aromatic rings. The summed E-state index contributed by atoms with van der Waals surface area (Å²) in [5, 5.41) is 3.40. The van der Waals surface area contributed by atoms with Crippen molar-refractivity contribution in [1.82, 2.24) is 10.2 Å². The Hall–Kier alpha value is -2.63. The maximum Gasteiger partial charge on any atom is 0.193 e. The maximum absolute atomic E-state index is 14.0. The van der Waals surface area contributed by atoms with Crippen LogP contribution in [0.1, 0.15) is 35.8 Å². The fourth-order valence-corrected chi connectivity index (χ4v) is 4.10. The summed E-state index contributed by atoms with van der Waals surface area (Å²) in [7, 11) is 3.42. The van der Waals surface area contributed by atoms with Gasteiger partial charge in [0.05, 0.1) is 7.11 Å². The predicted octanol–water partition coefficient (Wildman–Crippen LogP) is 3.89. The van der Waals surface area contributed by atoms with Crippen LogP contribution in [0.25, 0.3) is 0 Å². The van der Waals surface area contributed by atoms with Gasteiger partial charge < -0.3 is 15.0 Å². The lowest BCUT2D eigenvalue weighted by molar-refractivity contribution is 0.414. The number of likely N-dealkylation sites (tertiary alicyclic amines) is 1. The lowest BCUT2D eigenvalue weighted by Crippen LogP contribution is -2.41. The van der Waals surface area contributed by atoms with Crippen LogP contribution >= 0.6 is 0 Å². The van der Waals surface area contributed by atoms with Gasteiger partial charge in [-0.1, -0.05) is 18.2 Å². The highest BCUT2D eigenvalue weighted by Gasteiger charge is 2.43. The molecule has 0 bridgehead atoms. The number of hydrogen-bond donors (Lipinski definition) is 1. The summed E-state index contributed by atoms with van der Waals surface area (Å²) in [5.41, 5.74) is 1.48. The molecule has 1 heterocycles. The topological polar surface area (TPSA) is 36.9 Å². The van der Waals surface area contributed by atoms with E-state index >= 15 is 0 Å². The van der Waals surface area contributed by atoms with Gasteiger partial charge in [0.25, 0.3) is 0 Å². The molecule has 3 atom stereocenters. The summed E-state index contributed by atoms with van der Waals surface area (Å²) in [6, 6.07) is 12.3. The van der Waals surface area contributed by atoms with Crippen LogP contribution in [0, 0.1) is 11.6 Å². The quantitative estimate of drug-likeness (QED) is 0.641. The van der Waals surface area contributed by atoms with Gasteiger partial charge in [0.15, 0.2) is 5.96 Å². The normalized spacial score (nSPS) is 24.4. The molecule has 6 heteroatoms. The minimum Gasteiger partial charge on any atom is -0.497 e. The van der Waals surface area contributed by atoms with Crippen LogP contribution in [0.4, 0.5) is 8.78 Å². The number of methoxy groups -OCH3 is 1. The van der Waals surface area contributed by atoms with E-state index in [4.69, 9.17) is 4.74 Å². The first kappa shape index (κ1) is 18.7. The smallest absolute Gasteiger partial charge is 0.193 e. The van der Waals surface area contributed by atoms with Gasteiger partial charge in [-0.25, -0.2) is 8.78 Å². The van der Waals surface area contributed by atoms with Gasteiger partial charge in [-0.05, 0) is 42.7 Å². The summed E-state index contributed by atoms with van der Waals surface area (Å²) in [6.07, 6.45) is 1.76. The van der Waals surface area contributed by atoms with Gasteiger partial charge in [-0.2, -0.15) is 0 Å². The van der Waals surface area contributed by atoms with Crippen LogP contribution in [0.3, 0.4) is 0 Å². The highest BCUT2D eigenvalue weighted by Crippen LogP contribution is 2.43. The van der Waals surface area contributed by atoms with Crippen molar-refractivity contribution in [3.8, 4) is 5.75 Å². The number of benzene rings is 2. The zero-order valence-corrected chi connectivity index (χ0v) is 16.2. The molecule has 2 aromatic carbocycles. The molecule has 4 rings (SSSR count). The molecule has 0 radical (unpaired) electrons. The first-order valence-electron chi connectivity index (χ1n) is 9.66. The van der Waals surface area contributed by atoms with E-state index in [2.05, 4.69) is 27.3 Å². The molecule has 0 amide bonds. The molecular formula is C22H25F2N3O. The van der Waals surface area contributed by atoms with E-state index in [1.165, 1.54) is 23.8 Å². The fourth-order valence-electron chi connectivity index (χ4n) is 4.10. The van der Waals surface area contributed by atoms with Crippen molar-refractivity contribution < 1.29 is 13.5 Å². The molecule has 1 saturated heterocycles. The van der Waals surface area contributed by atoms with Gasteiger partial charge in [0.1, 0.15) is 17.4 Å². The Morgan fingerprint density at radius 1 is 1.14 bits per heavy atom. The second kappa shape index (κ2) is 7.78. The zero-order valence-electron chi connectivity index (χ0n) is 16.2. The second-order valence-electron chi connectivity index (χ2n) is 7.48. The van der Waals surface area contributed by atoms with E-state index in [-0.39, 0.29) is 17.5 Å². The van der Waals surface area contributed by atoms with Crippen molar-refractivity contribution in [3.05, 3.63) is 65.2 Å². The first-order chi connectivity index (χ1) is 13.6. The molecular weight excluding hydrogens is 360 g/mol. The molecule has 3 unspecified atom stereocenters. The van der Waals surface area contributed by atoms with Crippen molar-refractivity contribution in [1.29, 1.82) is 0 Å². The van der Waals surface area contributed by atoms with Crippen LogP contribution in [0.5, 0.6) is 5.75 Å². The van der Waals surface area contributed by atoms with Gasteiger partial charge in [0.2, 0.25) is 0 Å². The molecule has 4 nitrogen and oxygen atoms in total. The molecule has 28 heavy (non-hydrogen) atoms. The minimum atomic E-state index is -0.468. The fraction of sp³-hybridized carbons (Fsp3) is 0.409. The average Bonchev–Trinajstić information content (AvgIpc) is 3.27. The van der Waals surface area contributed by atoms with E-state index in [0.29, 0.717) is 12.3 Å². The summed E-state index contributed by atoms with van der Waals surface area (Å²) in [6.45, 7) is 1.78. The molecule has 1 aliphatic carbocycles. The zero-order chi connectivity index (χ0) is 19.7. The van der Waals surface area contributed by atoms with Crippen LogP contribution in [0.15, 0.2) is 47.5 Å². The largest absolute Gasteiger partial charge is 0.497 e. The number of aliphatic imine (C=N–C) groups is 1. The van der Waals surface area contributed by atoms with Gasteiger partial charge in [-0.15, -0.1) is 0 Å². The Morgan fingerprint density at radius 2 is 1.86 bits per heavy atom. The SMILES string of the molecule is CN=C(NC1CC1c1c(F)cccc1F)N1CCC(c2ccc(OC)cc2)C1. The number of ether oxygens (including phenoxy) is 1. The minimum absolute atomic E-state index is 0.0186. The average molecular weight is 385 g/mol. The Morgan fingerprint density at radius 3 is 2.50 bits per heavy atom. The van der Waals surface area contributed by atoms with Crippen LogP contribution in [-0.4, -0.2) is 44.1 Å². The van der Waals surface area contributed by atoms with Crippen LogP contribution in [-0.2, 0) is 0 Å². The van der Waals surface area contributed by atoms with Gasteiger partial charge in [-0.3, -0.25) is 4.99 Å². The number of hydrogen-bond acceptors (Lipinski definition) is 2. The summed E-state index contributed by atoms with van der Waals surface area (Å²) in [4.78, 5) is 6.63. The maximum atomic E-state index is 14.0. The standard InChI is InChI=1S/C22H25F2N3O/c1-25-22(26-20-12-17(20)21-18(23)4-3-5-19(21)24)27-11-10-15(13-27)14-6-8-16(28-2)9-7-14/h3-9,15,17,20H,10-13H2,1-2H3,(H,25,26). The predicted molar refractivity (Wildman–Crippen MR) is 106 cm³/mol. The molecule has 0 spiro atoms. The third kappa shape index (κ3) is 3.68. The Bertz CT molecular complexity index is 848. The Balaban J connectivity index is 1.38. The van der Waals surface area contributed by atoms with E-state index in [1.54, 1.807) is 14.2 Å². The first-order valence-corrected chi connectivity index (χ1v) is 9.66. The van der Waals surface area contributed by atoms with E-state index in [0.717, 1.165) is 31.2 Å². The number of nitrogens with zero attached hydrogens (tertiary/aromatic N) is 2. The number of halogens is 2.